The van der Waals surface area contributed by atoms with Crippen LogP contribution < -0.4 is 14.8 Å². The first-order valence-electron chi connectivity index (χ1n) is 7.48. The molecule has 21 heavy (non-hydrogen) atoms. The molecule has 1 atom stereocenters. The number of hydrogen-bond donors (Lipinski definition) is 1. The molecule has 0 aromatic heterocycles. The van der Waals surface area contributed by atoms with Crippen LogP contribution in [0.2, 0.25) is 0 Å². The molecule has 1 aromatic rings. The Morgan fingerprint density at radius 1 is 1.29 bits per heavy atom. The Morgan fingerprint density at radius 2 is 2.05 bits per heavy atom. The van der Waals surface area contributed by atoms with Gasteiger partial charge in [0.2, 0.25) is 0 Å². The molecule has 3 rings (SSSR count). The summed E-state index contributed by atoms with van der Waals surface area (Å²) in [5.74, 6) is 1.97. The van der Waals surface area contributed by atoms with E-state index in [1.807, 2.05) is 11.0 Å². The average molecular weight is 290 g/mol. The van der Waals surface area contributed by atoms with Crippen LogP contribution in [0, 0.1) is 5.92 Å². The number of amides is 1. The lowest BCUT2D eigenvalue weighted by molar-refractivity contribution is 0.0742. The van der Waals surface area contributed by atoms with E-state index in [0.717, 1.165) is 30.8 Å². The number of hydrogen-bond acceptors (Lipinski definition) is 4. The smallest absolute Gasteiger partial charge is 0.254 e. The Kier molecular flexibility index (Phi) is 4.01. The second-order valence-electron chi connectivity index (χ2n) is 5.76. The molecule has 2 aliphatic heterocycles. The molecule has 114 valence electrons. The van der Waals surface area contributed by atoms with Gasteiger partial charge in [0.25, 0.3) is 5.91 Å². The number of nitrogens with zero attached hydrogens (tertiary/aromatic N) is 1. The highest BCUT2D eigenvalue weighted by Gasteiger charge is 2.31. The zero-order valence-corrected chi connectivity index (χ0v) is 12.6. The first-order valence-corrected chi connectivity index (χ1v) is 7.48. The van der Waals surface area contributed by atoms with Crippen LogP contribution in [0.3, 0.4) is 0 Å². The first-order chi connectivity index (χ1) is 10.2. The summed E-state index contributed by atoms with van der Waals surface area (Å²) in [5.41, 5.74) is 1.78. The van der Waals surface area contributed by atoms with Crippen molar-refractivity contribution in [3.63, 3.8) is 0 Å². The number of rotatable bonds is 4. The molecular weight excluding hydrogens is 268 g/mol. The second kappa shape index (κ2) is 5.93. The maximum absolute atomic E-state index is 12.5. The number of fused-ring (bicyclic) bond motifs is 1. The second-order valence-corrected chi connectivity index (χ2v) is 5.76. The van der Waals surface area contributed by atoms with Gasteiger partial charge >= 0.3 is 0 Å². The highest BCUT2D eigenvalue weighted by Crippen LogP contribution is 2.35. The molecule has 1 fully saturated rings. The van der Waals surface area contributed by atoms with Crippen molar-refractivity contribution in [3.05, 3.63) is 23.3 Å². The van der Waals surface area contributed by atoms with E-state index in [1.165, 1.54) is 12.8 Å². The standard InChI is InChI=1S/C16H22N2O3/c1-20-14-6-12-10-18(9-11-4-3-5-17-8-11)16(19)13(12)7-15(14)21-2/h6-7,11,17H,3-5,8-10H2,1-2H3. The molecule has 2 aliphatic rings. The molecule has 1 aromatic carbocycles. The molecule has 1 amide bonds. The molecule has 0 saturated carbocycles. The minimum absolute atomic E-state index is 0.108. The third kappa shape index (κ3) is 2.70. The van der Waals surface area contributed by atoms with Crippen molar-refractivity contribution in [2.45, 2.75) is 19.4 Å². The maximum atomic E-state index is 12.5. The van der Waals surface area contributed by atoms with Crippen molar-refractivity contribution >= 4 is 5.91 Å². The first kappa shape index (κ1) is 14.2. The van der Waals surface area contributed by atoms with Gasteiger partial charge in [0.15, 0.2) is 11.5 Å². The van der Waals surface area contributed by atoms with Crippen LogP contribution >= 0.6 is 0 Å². The largest absolute Gasteiger partial charge is 0.493 e. The van der Waals surface area contributed by atoms with Gasteiger partial charge in [-0.3, -0.25) is 4.79 Å². The molecular formula is C16H22N2O3. The lowest BCUT2D eigenvalue weighted by Gasteiger charge is -2.27. The summed E-state index contributed by atoms with van der Waals surface area (Å²) in [4.78, 5) is 14.5. The van der Waals surface area contributed by atoms with Gasteiger partial charge in [0.05, 0.1) is 14.2 Å². The van der Waals surface area contributed by atoms with E-state index in [-0.39, 0.29) is 5.91 Å². The lowest BCUT2D eigenvalue weighted by Crippen LogP contribution is -2.38. The van der Waals surface area contributed by atoms with Crippen molar-refractivity contribution in [3.8, 4) is 11.5 Å². The Bertz CT molecular complexity index is 539. The zero-order valence-electron chi connectivity index (χ0n) is 12.6. The molecule has 1 unspecified atom stereocenters. The summed E-state index contributed by atoms with van der Waals surface area (Å²) >= 11 is 0. The van der Waals surface area contributed by atoms with E-state index in [1.54, 1.807) is 20.3 Å². The lowest BCUT2D eigenvalue weighted by atomic mass is 9.99. The molecule has 5 nitrogen and oxygen atoms in total. The summed E-state index contributed by atoms with van der Waals surface area (Å²) in [5, 5.41) is 3.40. The molecule has 2 heterocycles. The molecule has 1 saturated heterocycles. The van der Waals surface area contributed by atoms with Crippen LogP contribution in [0.4, 0.5) is 0 Å². The number of ether oxygens (including phenoxy) is 2. The van der Waals surface area contributed by atoms with Gasteiger partial charge in [0.1, 0.15) is 0 Å². The van der Waals surface area contributed by atoms with Crippen LogP contribution in [0.25, 0.3) is 0 Å². The van der Waals surface area contributed by atoms with Crippen LogP contribution in [0.1, 0.15) is 28.8 Å². The van der Waals surface area contributed by atoms with Gasteiger partial charge in [-0.25, -0.2) is 0 Å². The van der Waals surface area contributed by atoms with E-state index >= 15 is 0 Å². The average Bonchev–Trinajstić information content (AvgIpc) is 2.82. The Balaban J connectivity index is 1.78. The van der Waals surface area contributed by atoms with Crippen molar-refractivity contribution in [2.24, 2.45) is 5.92 Å². The normalized spacial score (nSPS) is 21.3. The van der Waals surface area contributed by atoms with Crippen LogP contribution in [0.15, 0.2) is 12.1 Å². The van der Waals surface area contributed by atoms with Gasteiger partial charge < -0.3 is 19.7 Å². The SMILES string of the molecule is COc1cc2c(cc1OC)C(=O)N(CC1CCCNC1)C2. The monoisotopic (exact) mass is 290 g/mol. The van der Waals surface area contributed by atoms with E-state index in [4.69, 9.17) is 9.47 Å². The van der Waals surface area contributed by atoms with Gasteiger partial charge in [-0.2, -0.15) is 0 Å². The van der Waals surface area contributed by atoms with Gasteiger partial charge in [-0.05, 0) is 49.5 Å². The molecule has 0 bridgehead atoms. The quantitative estimate of drug-likeness (QED) is 0.916. The third-order valence-corrected chi connectivity index (χ3v) is 4.37. The van der Waals surface area contributed by atoms with Crippen molar-refractivity contribution in [2.75, 3.05) is 33.9 Å². The number of nitrogens with one attached hydrogen (secondary N) is 1. The van der Waals surface area contributed by atoms with Crippen LogP contribution in [0.5, 0.6) is 11.5 Å². The van der Waals surface area contributed by atoms with E-state index < -0.39 is 0 Å². The topological polar surface area (TPSA) is 50.8 Å². The Hall–Kier alpha value is -1.75. The number of methoxy groups -OCH3 is 2. The minimum Gasteiger partial charge on any atom is -0.493 e. The van der Waals surface area contributed by atoms with Crippen molar-refractivity contribution in [1.82, 2.24) is 10.2 Å². The summed E-state index contributed by atoms with van der Waals surface area (Å²) in [7, 11) is 3.21. The Morgan fingerprint density at radius 3 is 2.71 bits per heavy atom. The highest BCUT2D eigenvalue weighted by atomic mass is 16.5. The maximum Gasteiger partial charge on any atom is 0.254 e. The molecule has 0 aliphatic carbocycles. The molecule has 0 spiro atoms. The van der Waals surface area contributed by atoms with Crippen molar-refractivity contribution < 1.29 is 14.3 Å². The minimum atomic E-state index is 0.108. The fourth-order valence-corrected chi connectivity index (χ4v) is 3.24. The van der Waals surface area contributed by atoms with Gasteiger partial charge in [0, 0.05) is 18.7 Å². The van der Waals surface area contributed by atoms with Gasteiger partial charge in [-0.1, -0.05) is 0 Å². The summed E-state index contributed by atoms with van der Waals surface area (Å²) in [6.45, 7) is 3.60. The van der Waals surface area contributed by atoms with Crippen LogP contribution in [-0.4, -0.2) is 44.7 Å². The number of carbonyl (C=O) groups is 1. The fraction of sp³-hybridized carbons (Fsp3) is 0.562. The zero-order chi connectivity index (χ0) is 14.8. The van der Waals surface area contributed by atoms with E-state index in [2.05, 4.69) is 5.32 Å². The fourth-order valence-electron chi connectivity index (χ4n) is 3.24. The molecule has 0 radical (unpaired) electrons. The predicted octanol–water partition coefficient (Wildman–Crippen LogP) is 1.66. The predicted molar refractivity (Wildman–Crippen MR) is 79.9 cm³/mol. The molecule has 1 N–H and O–H groups in total. The van der Waals surface area contributed by atoms with E-state index in [9.17, 15) is 4.79 Å². The van der Waals surface area contributed by atoms with Gasteiger partial charge in [-0.15, -0.1) is 0 Å². The molecule has 5 heteroatoms. The summed E-state index contributed by atoms with van der Waals surface area (Å²) < 4.78 is 10.6. The number of carbonyl (C=O) groups excluding carboxylic acids is 1. The number of benzene rings is 1. The Labute approximate surface area is 125 Å². The highest BCUT2D eigenvalue weighted by molar-refractivity contribution is 5.99. The van der Waals surface area contributed by atoms with E-state index in [0.29, 0.717) is 24.0 Å². The number of piperidine rings is 1. The summed E-state index contributed by atoms with van der Waals surface area (Å²) in [6, 6.07) is 3.72. The van der Waals surface area contributed by atoms with Crippen molar-refractivity contribution in [1.29, 1.82) is 0 Å². The summed E-state index contributed by atoms with van der Waals surface area (Å²) in [6.07, 6.45) is 2.39. The third-order valence-electron chi connectivity index (χ3n) is 4.37. The van der Waals surface area contributed by atoms with Crippen LogP contribution in [-0.2, 0) is 6.54 Å².